The van der Waals surface area contributed by atoms with Gasteiger partial charge in [0, 0.05) is 20.0 Å². The molecular formula is C21H23N3O2S. The summed E-state index contributed by atoms with van der Waals surface area (Å²) in [6.07, 6.45) is 1.12. The molecule has 3 rings (SSSR count). The Morgan fingerprint density at radius 2 is 1.81 bits per heavy atom. The van der Waals surface area contributed by atoms with E-state index in [1.165, 1.54) is 22.2 Å². The lowest BCUT2D eigenvalue weighted by Gasteiger charge is -2.09. The fraction of sp³-hybridized carbons (Fsp3) is 0.286. The molecule has 2 aromatic rings. The van der Waals surface area contributed by atoms with Crippen LogP contribution < -0.4 is 5.32 Å². The van der Waals surface area contributed by atoms with E-state index in [9.17, 15) is 9.59 Å². The second kappa shape index (κ2) is 8.86. The van der Waals surface area contributed by atoms with E-state index in [0.29, 0.717) is 11.7 Å². The van der Waals surface area contributed by atoms with Gasteiger partial charge in [0.2, 0.25) is 11.8 Å². The second-order valence-electron chi connectivity index (χ2n) is 6.38. The molecule has 6 heteroatoms. The van der Waals surface area contributed by atoms with Crippen LogP contribution in [0.2, 0.25) is 0 Å². The van der Waals surface area contributed by atoms with Gasteiger partial charge in [-0.3, -0.25) is 14.5 Å². The Bertz CT molecular complexity index is 834. The van der Waals surface area contributed by atoms with Crippen LogP contribution in [0.4, 0.5) is 5.69 Å². The Hall–Kier alpha value is -2.60. The van der Waals surface area contributed by atoms with Gasteiger partial charge in [0.15, 0.2) is 5.17 Å². The molecule has 1 unspecified atom stereocenters. The smallest absolute Gasteiger partial charge is 0.242 e. The van der Waals surface area contributed by atoms with E-state index < -0.39 is 5.25 Å². The third-order valence-electron chi connectivity index (χ3n) is 4.41. The zero-order valence-electron chi connectivity index (χ0n) is 15.5. The van der Waals surface area contributed by atoms with Crippen molar-refractivity contribution in [3.05, 3.63) is 65.7 Å². The van der Waals surface area contributed by atoms with Crippen LogP contribution in [0.5, 0.6) is 0 Å². The van der Waals surface area contributed by atoms with Crippen molar-refractivity contribution in [2.75, 3.05) is 7.05 Å². The highest BCUT2D eigenvalue weighted by molar-refractivity contribution is 8.15. The first-order valence-corrected chi connectivity index (χ1v) is 9.87. The SMILES string of the molecule is CCc1ccc(N=C2SC(CC(=O)NCc3ccccc3)C(=O)N2C)cc1. The molecule has 1 fully saturated rings. The highest BCUT2D eigenvalue weighted by Gasteiger charge is 2.36. The number of aliphatic imine (C=N–C) groups is 1. The Labute approximate surface area is 163 Å². The first kappa shape index (κ1) is 19.2. The minimum atomic E-state index is -0.431. The van der Waals surface area contributed by atoms with Crippen molar-refractivity contribution in [2.45, 2.75) is 31.6 Å². The van der Waals surface area contributed by atoms with E-state index in [2.05, 4.69) is 17.2 Å². The molecular weight excluding hydrogens is 358 g/mol. The molecule has 0 spiro atoms. The number of amidine groups is 1. The predicted octanol–water partition coefficient (Wildman–Crippen LogP) is 3.52. The van der Waals surface area contributed by atoms with E-state index in [1.807, 2.05) is 54.6 Å². The van der Waals surface area contributed by atoms with Crippen molar-refractivity contribution >= 4 is 34.4 Å². The number of benzene rings is 2. The van der Waals surface area contributed by atoms with Crippen LogP contribution in [0.15, 0.2) is 59.6 Å². The van der Waals surface area contributed by atoms with E-state index in [-0.39, 0.29) is 18.2 Å². The predicted molar refractivity (Wildman–Crippen MR) is 110 cm³/mol. The number of hydrogen-bond donors (Lipinski definition) is 1. The number of nitrogens with one attached hydrogen (secondary N) is 1. The number of carbonyl (C=O) groups excluding carboxylic acids is 2. The lowest BCUT2D eigenvalue weighted by molar-refractivity contribution is -0.128. The van der Waals surface area contributed by atoms with Crippen LogP contribution in [0.3, 0.4) is 0 Å². The standard InChI is InChI=1S/C21H23N3O2S/c1-3-15-9-11-17(12-10-15)23-21-24(2)20(26)18(27-21)13-19(25)22-14-16-7-5-4-6-8-16/h4-12,18H,3,13-14H2,1-2H3,(H,22,25). The molecule has 2 amide bonds. The topological polar surface area (TPSA) is 61.8 Å². The average Bonchev–Trinajstić information content (AvgIpc) is 2.95. The number of carbonyl (C=O) groups is 2. The summed E-state index contributed by atoms with van der Waals surface area (Å²) in [4.78, 5) is 30.8. The largest absolute Gasteiger partial charge is 0.352 e. The van der Waals surface area contributed by atoms with E-state index >= 15 is 0 Å². The third kappa shape index (κ3) is 4.98. The molecule has 0 aromatic heterocycles. The quantitative estimate of drug-likeness (QED) is 0.833. The van der Waals surface area contributed by atoms with Gasteiger partial charge in [0.1, 0.15) is 5.25 Å². The van der Waals surface area contributed by atoms with Crippen molar-refractivity contribution in [1.82, 2.24) is 10.2 Å². The van der Waals surface area contributed by atoms with Crippen molar-refractivity contribution in [3.63, 3.8) is 0 Å². The molecule has 1 saturated heterocycles. The Morgan fingerprint density at radius 1 is 1.11 bits per heavy atom. The van der Waals surface area contributed by atoms with Crippen LogP contribution in [0, 0.1) is 0 Å². The summed E-state index contributed by atoms with van der Waals surface area (Å²) >= 11 is 1.35. The molecule has 0 radical (unpaired) electrons. The van der Waals surface area contributed by atoms with E-state index in [0.717, 1.165) is 17.7 Å². The monoisotopic (exact) mass is 381 g/mol. The summed E-state index contributed by atoms with van der Waals surface area (Å²) in [5, 5.41) is 3.07. The first-order chi connectivity index (χ1) is 13.1. The normalized spacial score (nSPS) is 18.1. The maximum Gasteiger partial charge on any atom is 0.242 e. The molecule has 27 heavy (non-hydrogen) atoms. The van der Waals surface area contributed by atoms with E-state index in [1.54, 1.807) is 7.05 Å². The lowest BCUT2D eigenvalue weighted by Crippen LogP contribution is -2.32. The number of rotatable bonds is 6. The van der Waals surface area contributed by atoms with Gasteiger partial charge in [0.05, 0.1) is 5.69 Å². The summed E-state index contributed by atoms with van der Waals surface area (Å²) in [6, 6.07) is 17.7. The zero-order chi connectivity index (χ0) is 19.2. The summed E-state index contributed by atoms with van der Waals surface area (Å²) in [5.74, 6) is -0.217. The average molecular weight is 382 g/mol. The van der Waals surface area contributed by atoms with Crippen LogP contribution in [-0.4, -0.2) is 34.2 Å². The molecule has 0 aliphatic carbocycles. The number of hydrogen-bond acceptors (Lipinski definition) is 4. The molecule has 140 valence electrons. The summed E-state index contributed by atoms with van der Waals surface area (Å²) in [7, 11) is 1.70. The number of aryl methyl sites for hydroxylation is 1. The van der Waals surface area contributed by atoms with Crippen molar-refractivity contribution in [3.8, 4) is 0 Å². The lowest BCUT2D eigenvalue weighted by atomic mass is 10.2. The fourth-order valence-electron chi connectivity index (χ4n) is 2.75. The number of thioether (sulfide) groups is 1. The second-order valence-corrected chi connectivity index (χ2v) is 7.55. The van der Waals surface area contributed by atoms with Gasteiger partial charge < -0.3 is 5.32 Å². The maximum absolute atomic E-state index is 12.5. The van der Waals surface area contributed by atoms with Crippen molar-refractivity contribution in [2.24, 2.45) is 4.99 Å². The Morgan fingerprint density at radius 3 is 2.48 bits per heavy atom. The van der Waals surface area contributed by atoms with Gasteiger partial charge in [-0.2, -0.15) is 0 Å². The highest BCUT2D eigenvalue weighted by atomic mass is 32.2. The summed E-state index contributed by atoms with van der Waals surface area (Å²) < 4.78 is 0. The molecule has 0 bridgehead atoms. The Kier molecular flexibility index (Phi) is 6.29. The van der Waals surface area contributed by atoms with Crippen LogP contribution >= 0.6 is 11.8 Å². The zero-order valence-corrected chi connectivity index (χ0v) is 16.3. The van der Waals surface area contributed by atoms with Gasteiger partial charge in [-0.05, 0) is 29.7 Å². The first-order valence-electron chi connectivity index (χ1n) is 8.99. The fourth-order valence-corrected chi connectivity index (χ4v) is 3.91. The van der Waals surface area contributed by atoms with Gasteiger partial charge in [-0.1, -0.05) is 61.2 Å². The minimum absolute atomic E-state index is 0.0845. The molecule has 5 nitrogen and oxygen atoms in total. The van der Waals surface area contributed by atoms with Gasteiger partial charge >= 0.3 is 0 Å². The van der Waals surface area contributed by atoms with Crippen LogP contribution in [-0.2, 0) is 22.6 Å². The maximum atomic E-state index is 12.5. The van der Waals surface area contributed by atoms with Gasteiger partial charge in [0.25, 0.3) is 0 Å². The molecule has 1 aliphatic heterocycles. The molecule has 0 saturated carbocycles. The minimum Gasteiger partial charge on any atom is -0.352 e. The molecule has 1 atom stereocenters. The molecule has 1 N–H and O–H groups in total. The van der Waals surface area contributed by atoms with Crippen LogP contribution in [0.25, 0.3) is 0 Å². The molecule has 1 heterocycles. The third-order valence-corrected chi connectivity index (χ3v) is 5.64. The van der Waals surface area contributed by atoms with E-state index in [4.69, 9.17) is 0 Å². The highest BCUT2D eigenvalue weighted by Crippen LogP contribution is 2.30. The van der Waals surface area contributed by atoms with Crippen LogP contribution in [0.1, 0.15) is 24.5 Å². The molecule has 1 aliphatic rings. The summed E-state index contributed by atoms with van der Waals surface area (Å²) in [5.41, 5.74) is 3.09. The number of nitrogens with zero attached hydrogens (tertiary/aromatic N) is 2. The number of amides is 2. The summed E-state index contributed by atoms with van der Waals surface area (Å²) in [6.45, 7) is 2.57. The van der Waals surface area contributed by atoms with Crippen molar-refractivity contribution < 1.29 is 9.59 Å². The van der Waals surface area contributed by atoms with Crippen molar-refractivity contribution in [1.29, 1.82) is 0 Å². The van der Waals surface area contributed by atoms with Gasteiger partial charge in [-0.25, -0.2) is 4.99 Å². The van der Waals surface area contributed by atoms with Gasteiger partial charge in [-0.15, -0.1) is 0 Å². The Balaban J connectivity index is 1.59. The molecule has 2 aromatic carbocycles.